The van der Waals surface area contributed by atoms with Crippen LogP contribution in [0.25, 0.3) is 11.0 Å². The van der Waals surface area contributed by atoms with E-state index < -0.39 is 0 Å². The molecule has 0 aliphatic heterocycles. The largest absolute Gasteiger partial charge is 0.451 e. The number of furan rings is 1. The van der Waals surface area contributed by atoms with E-state index in [4.69, 9.17) is 4.42 Å². The number of benzene rings is 2. The maximum atomic E-state index is 12.8. The van der Waals surface area contributed by atoms with Crippen molar-refractivity contribution in [3.8, 4) is 0 Å². The van der Waals surface area contributed by atoms with Crippen LogP contribution in [0.15, 0.2) is 52.9 Å². The van der Waals surface area contributed by atoms with E-state index in [0.29, 0.717) is 12.3 Å². The van der Waals surface area contributed by atoms with Gasteiger partial charge in [-0.05, 0) is 56.2 Å². The fourth-order valence-electron chi connectivity index (χ4n) is 2.62. The highest BCUT2D eigenvalue weighted by Gasteiger charge is 2.20. The normalized spacial score (nSPS) is 10.9. The predicted octanol–water partition coefficient (Wildman–Crippen LogP) is 4.72. The molecule has 0 saturated heterocycles. The SMILES string of the molecule is CCN(C(=O)c1cc2ccc(C)cc2o1)c1cccc(C)c1. The Hall–Kier alpha value is -2.55. The summed E-state index contributed by atoms with van der Waals surface area (Å²) in [5.74, 6) is 0.269. The van der Waals surface area contributed by atoms with Gasteiger partial charge in [-0.25, -0.2) is 0 Å². The molecule has 112 valence electrons. The summed E-state index contributed by atoms with van der Waals surface area (Å²) in [5.41, 5.74) is 3.89. The van der Waals surface area contributed by atoms with Crippen molar-refractivity contribution >= 4 is 22.6 Å². The maximum absolute atomic E-state index is 12.8. The minimum Gasteiger partial charge on any atom is -0.451 e. The van der Waals surface area contributed by atoms with Gasteiger partial charge in [0.05, 0.1) is 0 Å². The van der Waals surface area contributed by atoms with Gasteiger partial charge in [-0.1, -0.05) is 24.3 Å². The summed E-state index contributed by atoms with van der Waals surface area (Å²) < 4.78 is 5.75. The quantitative estimate of drug-likeness (QED) is 0.700. The first-order valence-electron chi connectivity index (χ1n) is 7.47. The topological polar surface area (TPSA) is 33.5 Å². The van der Waals surface area contributed by atoms with E-state index in [-0.39, 0.29) is 5.91 Å². The molecule has 3 nitrogen and oxygen atoms in total. The molecule has 3 rings (SSSR count). The molecule has 2 aromatic carbocycles. The fraction of sp³-hybridized carbons (Fsp3) is 0.211. The van der Waals surface area contributed by atoms with Crippen LogP contribution < -0.4 is 4.90 Å². The smallest absolute Gasteiger partial charge is 0.294 e. The number of anilines is 1. The van der Waals surface area contributed by atoms with E-state index in [1.54, 1.807) is 4.90 Å². The summed E-state index contributed by atoms with van der Waals surface area (Å²) in [7, 11) is 0. The number of nitrogens with zero attached hydrogens (tertiary/aromatic N) is 1. The van der Waals surface area contributed by atoms with Crippen LogP contribution in [0.2, 0.25) is 0 Å². The van der Waals surface area contributed by atoms with Crippen LogP contribution in [-0.2, 0) is 0 Å². The summed E-state index contributed by atoms with van der Waals surface area (Å²) >= 11 is 0. The summed E-state index contributed by atoms with van der Waals surface area (Å²) in [6.45, 7) is 6.59. The number of hydrogen-bond donors (Lipinski definition) is 0. The van der Waals surface area contributed by atoms with Crippen LogP contribution in [0.1, 0.15) is 28.6 Å². The Kier molecular flexibility index (Phi) is 3.72. The molecule has 0 unspecified atom stereocenters. The molecule has 1 heterocycles. The van der Waals surface area contributed by atoms with Crippen LogP contribution in [0.5, 0.6) is 0 Å². The summed E-state index contributed by atoms with van der Waals surface area (Å²) in [5, 5.41) is 0.953. The molecule has 3 aromatic rings. The number of aryl methyl sites for hydroxylation is 2. The zero-order chi connectivity index (χ0) is 15.7. The number of carbonyl (C=O) groups excluding carboxylic acids is 1. The van der Waals surface area contributed by atoms with Gasteiger partial charge in [0.2, 0.25) is 0 Å². The van der Waals surface area contributed by atoms with Crippen molar-refractivity contribution in [2.45, 2.75) is 20.8 Å². The van der Waals surface area contributed by atoms with Crippen molar-refractivity contribution in [2.75, 3.05) is 11.4 Å². The first-order chi connectivity index (χ1) is 10.6. The van der Waals surface area contributed by atoms with Crippen molar-refractivity contribution in [3.05, 3.63) is 65.4 Å². The lowest BCUT2D eigenvalue weighted by molar-refractivity contribution is 0.0964. The number of amides is 1. The first kappa shape index (κ1) is 14.4. The number of rotatable bonds is 3. The van der Waals surface area contributed by atoms with Crippen LogP contribution in [0, 0.1) is 13.8 Å². The average Bonchev–Trinajstić information content (AvgIpc) is 2.91. The van der Waals surface area contributed by atoms with E-state index in [9.17, 15) is 4.79 Å². The Morgan fingerprint density at radius 3 is 2.55 bits per heavy atom. The van der Waals surface area contributed by atoms with Crippen molar-refractivity contribution in [2.24, 2.45) is 0 Å². The molecule has 0 bridgehead atoms. The molecule has 0 saturated carbocycles. The summed E-state index contributed by atoms with van der Waals surface area (Å²) in [4.78, 5) is 14.5. The minimum atomic E-state index is -0.109. The number of hydrogen-bond acceptors (Lipinski definition) is 2. The Balaban J connectivity index is 1.99. The number of carbonyl (C=O) groups is 1. The summed E-state index contributed by atoms with van der Waals surface area (Å²) in [6, 6.07) is 15.7. The Labute approximate surface area is 130 Å². The lowest BCUT2D eigenvalue weighted by Crippen LogP contribution is -2.30. The Morgan fingerprint density at radius 1 is 1.05 bits per heavy atom. The van der Waals surface area contributed by atoms with E-state index >= 15 is 0 Å². The molecule has 22 heavy (non-hydrogen) atoms. The van der Waals surface area contributed by atoms with Crippen LogP contribution in [-0.4, -0.2) is 12.5 Å². The molecule has 0 fully saturated rings. The highest BCUT2D eigenvalue weighted by molar-refractivity contribution is 6.06. The highest BCUT2D eigenvalue weighted by atomic mass is 16.3. The molecular weight excluding hydrogens is 274 g/mol. The third-order valence-corrected chi connectivity index (χ3v) is 3.76. The van der Waals surface area contributed by atoms with Gasteiger partial charge in [-0.2, -0.15) is 0 Å². The van der Waals surface area contributed by atoms with Crippen molar-refractivity contribution in [1.29, 1.82) is 0 Å². The molecule has 1 amide bonds. The van der Waals surface area contributed by atoms with E-state index in [0.717, 1.165) is 27.8 Å². The van der Waals surface area contributed by atoms with Crippen LogP contribution >= 0.6 is 0 Å². The minimum absolute atomic E-state index is 0.109. The van der Waals surface area contributed by atoms with Gasteiger partial charge in [0, 0.05) is 17.6 Å². The van der Waals surface area contributed by atoms with Gasteiger partial charge in [0.1, 0.15) is 5.58 Å². The van der Waals surface area contributed by atoms with E-state index in [2.05, 4.69) is 0 Å². The van der Waals surface area contributed by atoms with Crippen LogP contribution in [0.4, 0.5) is 5.69 Å². The second kappa shape index (κ2) is 5.68. The molecule has 1 aromatic heterocycles. The van der Waals surface area contributed by atoms with Gasteiger partial charge in [-0.3, -0.25) is 4.79 Å². The van der Waals surface area contributed by atoms with Gasteiger partial charge in [0.25, 0.3) is 5.91 Å². The number of fused-ring (bicyclic) bond motifs is 1. The van der Waals surface area contributed by atoms with E-state index in [1.807, 2.05) is 69.3 Å². The van der Waals surface area contributed by atoms with Crippen LogP contribution in [0.3, 0.4) is 0 Å². The van der Waals surface area contributed by atoms with Gasteiger partial charge in [0.15, 0.2) is 5.76 Å². The third-order valence-electron chi connectivity index (χ3n) is 3.76. The maximum Gasteiger partial charge on any atom is 0.294 e. The lowest BCUT2D eigenvalue weighted by Gasteiger charge is -2.20. The van der Waals surface area contributed by atoms with E-state index in [1.165, 1.54) is 0 Å². The molecule has 0 radical (unpaired) electrons. The fourth-order valence-corrected chi connectivity index (χ4v) is 2.62. The molecule has 0 spiro atoms. The second-order valence-corrected chi connectivity index (χ2v) is 5.54. The van der Waals surface area contributed by atoms with Crippen molar-refractivity contribution in [1.82, 2.24) is 0 Å². The standard InChI is InChI=1S/C19H19NO2/c1-4-20(16-7-5-6-13(2)10-16)19(21)18-12-15-9-8-14(3)11-17(15)22-18/h5-12H,4H2,1-3H3. The molecule has 0 N–H and O–H groups in total. The molecule has 3 heteroatoms. The molecular formula is C19H19NO2. The second-order valence-electron chi connectivity index (χ2n) is 5.54. The van der Waals surface area contributed by atoms with Crippen molar-refractivity contribution in [3.63, 3.8) is 0 Å². The zero-order valence-electron chi connectivity index (χ0n) is 13.1. The Morgan fingerprint density at radius 2 is 1.82 bits per heavy atom. The highest BCUT2D eigenvalue weighted by Crippen LogP contribution is 2.24. The summed E-state index contributed by atoms with van der Waals surface area (Å²) in [6.07, 6.45) is 0. The zero-order valence-corrected chi connectivity index (χ0v) is 13.1. The van der Waals surface area contributed by atoms with Gasteiger partial charge in [-0.15, -0.1) is 0 Å². The molecule has 0 aliphatic rings. The van der Waals surface area contributed by atoms with Gasteiger partial charge < -0.3 is 9.32 Å². The predicted molar refractivity (Wildman–Crippen MR) is 89.5 cm³/mol. The third kappa shape index (κ3) is 2.62. The lowest BCUT2D eigenvalue weighted by atomic mass is 10.2. The van der Waals surface area contributed by atoms with Crippen molar-refractivity contribution < 1.29 is 9.21 Å². The Bertz CT molecular complexity index is 832. The average molecular weight is 293 g/mol. The first-order valence-corrected chi connectivity index (χ1v) is 7.47. The molecule has 0 atom stereocenters. The monoisotopic (exact) mass is 293 g/mol. The van der Waals surface area contributed by atoms with Gasteiger partial charge >= 0.3 is 0 Å². The molecule has 0 aliphatic carbocycles.